The fraction of sp³-hybridized carbons (Fsp3) is 0.800. The fourth-order valence-corrected chi connectivity index (χ4v) is 2.30. The Labute approximate surface area is 99.2 Å². The van der Waals surface area contributed by atoms with E-state index in [1.165, 1.54) is 0 Å². The highest BCUT2D eigenvalue weighted by Crippen LogP contribution is 2.18. The molecule has 1 fully saturated rings. The fourth-order valence-electron chi connectivity index (χ4n) is 1.57. The summed E-state index contributed by atoms with van der Waals surface area (Å²) < 4.78 is 11.0. The zero-order valence-corrected chi connectivity index (χ0v) is 10.3. The Balaban J connectivity index is 1.75. The summed E-state index contributed by atoms with van der Waals surface area (Å²) in [5.41, 5.74) is 0. The summed E-state index contributed by atoms with van der Waals surface area (Å²) in [5, 5.41) is 13.0. The molecule has 0 unspecified atom stereocenters. The van der Waals surface area contributed by atoms with Crippen LogP contribution in [0.5, 0.6) is 0 Å². The van der Waals surface area contributed by atoms with Gasteiger partial charge in [-0.25, -0.2) is 0 Å². The molecule has 1 aromatic rings. The monoisotopic (exact) mass is 243 g/mol. The molecule has 0 aromatic carbocycles. The Morgan fingerprint density at radius 3 is 3.00 bits per heavy atom. The van der Waals surface area contributed by atoms with E-state index in [1.54, 1.807) is 11.3 Å². The first-order valence-corrected chi connectivity index (χ1v) is 6.45. The van der Waals surface area contributed by atoms with Crippen molar-refractivity contribution in [3.05, 3.63) is 5.01 Å². The van der Waals surface area contributed by atoms with Crippen LogP contribution < -0.4 is 5.32 Å². The highest BCUT2D eigenvalue weighted by atomic mass is 32.1. The van der Waals surface area contributed by atoms with Crippen LogP contribution in [-0.4, -0.2) is 36.1 Å². The van der Waals surface area contributed by atoms with Crippen molar-refractivity contribution < 1.29 is 9.47 Å². The van der Waals surface area contributed by atoms with Crippen LogP contribution in [0.25, 0.3) is 0 Å². The van der Waals surface area contributed by atoms with Gasteiger partial charge in [0.05, 0.1) is 6.10 Å². The molecule has 1 aliphatic rings. The number of anilines is 1. The molecule has 90 valence electrons. The number of nitrogens with one attached hydrogen (secondary N) is 1. The summed E-state index contributed by atoms with van der Waals surface area (Å²) in [6.45, 7) is 5.09. The minimum absolute atomic E-state index is 0.320. The van der Waals surface area contributed by atoms with Gasteiger partial charge in [0, 0.05) is 19.8 Å². The topological polar surface area (TPSA) is 56.3 Å². The van der Waals surface area contributed by atoms with E-state index < -0.39 is 0 Å². The van der Waals surface area contributed by atoms with Crippen molar-refractivity contribution in [1.29, 1.82) is 0 Å². The van der Waals surface area contributed by atoms with Gasteiger partial charge in [-0.2, -0.15) is 0 Å². The van der Waals surface area contributed by atoms with E-state index >= 15 is 0 Å². The molecular weight excluding hydrogens is 226 g/mol. The molecule has 0 spiro atoms. The molecule has 0 bridgehead atoms. The number of hydrogen-bond donors (Lipinski definition) is 1. The van der Waals surface area contributed by atoms with Gasteiger partial charge in [0.2, 0.25) is 5.13 Å². The Morgan fingerprint density at radius 1 is 1.44 bits per heavy atom. The zero-order valence-electron chi connectivity index (χ0n) is 9.44. The Bertz CT molecular complexity index is 313. The molecule has 0 amide bonds. The lowest BCUT2D eigenvalue weighted by atomic mass is 10.2. The third kappa shape index (κ3) is 3.40. The lowest BCUT2D eigenvalue weighted by Crippen LogP contribution is -2.23. The van der Waals surface area contributed by atoms with Gasteiger partial charge >= 0.3 is 0 Å². The number of ether oxygens (including phenoxy) is 2. The van der Waals surface area contributed by atoms with Crippen molar-refractivity contribution in [2.24, 2.45) is 0 Å². The summed E-state index contributed by atoms with van der Waals surface area (Å²) in [6.07, 6.45) is 2.29. The minimum Gasteiger partial charge on any atom is -0.381 e. The number of rotatable bonds is 5. The molecule has 16 heavy (non-hydrogen) atoms. The predicted molar refractivity (Wildman–Crippen MR) is 62.7 cm³/mol. The standard InChI is InChI=1S/C10H17N3O2S/c1-2-11-10-13-12-9(16-10)7-15-8-3-5-14-6-4-8/h8H,2-7H2,1H3,(H,11,13). The summed E-state index contributed by atoms with van der Waals surface area (Å²) in [7, 11) is 0. The highest BCUT2D eigenvalue weighted by Gasteiger charge is 2.15. The quantitative estimate of drug-likeness (QED) is 0.852. The van der Waals surface area contributed by atoms with E-state index in [0.717, 1.165) is 42.7 Å². The Hall–Kier alpha value is -0.720. The molecule has 1 saturated heterocycles. The van der Waals surface area contributed by atoms with Gasteiger partial charge in [-0.3, -0.25) is 0 Å². The van der Waals surface area contributed by atoms with Crippen LogP contribution in [0.1, 0.15) is 24.8 Å². The molecule has 5 nitrogen and oxygen atoms in total. The maximum atomic E-state index is 5.76. The molecule has 2 heterocycles. The van der Waals surface area contributed by atoms with E-state index in [-0.39, 0.29) is 0 Å². The molecule has 1 aliphatic heterocycles. The van der Waals surface area contributed by atoms with E-state index in [4.69, 9.17) is 9.47 Å². The third-order valence-corrected chi connectivity index (χ3v) is 3.26. The largest absolute Gasteiger partial charge is 0.381 e. The molecule has 0 radical (unpaired) electrons. The number of hydrogen-bond acceptors (Lipinski definition) is 6. The van der Waals surface area contributed by atoms with Crippen molar-refractivity contribution in [2.45, 2.75) is 32.5 Å². The van der Waals surface area contributed by atoms with Gasteiger partial charge in [-0.05, 0) is 19.8 Å². The van der Waals surface area contributed by atoms with Gasteiger partial charge in [-0.1, -0.05) is 11.3 Å². The maximum absolute atomic E-state index is 5.76. The van der Waals surface area contributed by atoms with Crippen LogP contribution in [0.15, 0.2) is 0 Å². The SMILES string of the molecule is CCNc1nnc(COC2CCOCC2)s1. The molecule has 0 saturated carbocycles. The van der Waals surface area contributed by atoms with Gasteiger partial charge in [0.25, 0.3) is 0 Å². The normalized spacial score (nSPS) is 17.6. The third-order valence-electron chi connectivity index (χ3n) is 2.41. The van der Waals surface area contributed by atoms with E-state index in [0.29, 0.717) is 12.7 Å². The molecule has 1 N–H and O–H groups in total. The molecular formula is C10H17N3O2S. The number of aromatic nitrogens is 2. The predicted octanol–water partition coefficient (Wildman–Crippen LogP) is 1.67. The smallest absolute Gasteiger partial charge is 0.205 e. The number of nitrogens with zero attached hydrogens (tertiary/aromatic N) is 2. The molecule has 0 atom stereocenters. The van der Waals surface area contributed by atoms with Crippen molar-refractivity contribution in [1.82, 2.24) is 10.2 Å². The van der Waals surface area contributed by atoms with Crippen molar-refractivity contribution in [3.8, 4) is 0 Å². The molecule has 0 aliphatic carbocycles. The summed E-state index contributed by atoms with van der Waals surface area (Å²) in [6, 6.07) is 0. The van der Waals surface area contributed by atoms with Crippen LogP contribution in [0.3, 0.4) is 0 Å². The van der Waals surface area contributed by atoms with Crippen molar-refractivity contribution in [3.63, 3.8) is 0 Å². The lowest BCUT2D eigenvalue weighted by molar-refractivity contribution is -0.0392. The van der Waals surface area contributed by atoms with Crippen LogP contribution in [0.4, 0.5) is 5.13 Å². The van der Waals surface area contributed by atoms with Gasteiger partial charge < -0.3 is 14.8 Å². The van der Waals surface area contributed by atoms with E-state index in [9.17, 15) is 0 Å². The van der Waals surface area contributed by atoms with Gasteiger partial charge in [-0.15, -0.1) is 10.2 Å². The zero-order chi connectivity index (χ0) is 11.2. The van der Waals surface area contributed by atoms with Crippen LogP contribution in [0, 0.1) is 0 Å². The second kappa shape index (κ2) is 6.12. The lowest BCUT2D eigenvalue weighted by Gasteiger charge is -2.21. The Morgan fingerprint density at radius 2 is 2.25 bits per heavy atom. The Kier molecular flexibility index (Phi) is 4.50. The molecule has 2 rings (SSSR count). The summed E-state index contributed by atoms with van der Waals surface area (Å²) >= 11 is 1.56. The van der Waals surface area contributed by atoms with Gasteiger partial charge in [0.1, 0.15) is 11.6 Å². The minimum atomic E-state index is 0.320. The van der Waals surface area contributed by atoms with Crippen molar-refractivity contribution in [2.75, 3.05) is 25.1 Å². The van der Waals surface area contributed by atoms with E-state index in [1.807, 2.05) is 6.92 Å². The molecule has 1 aromatic heterocycles. The first-order chi connectivity index (χ1) is 7.88. The first kappa shape index (κ1) is 11.8. The second-order valence-corrected chi connectivity index (χ2v) is 4.72. The average Bonchev–Trinajstić information content (AvgIpc) is 2.76. The van der Waals surface area contributed by atoms with Crippen molar-refractivity contribution >= 4 is 16.5 Å². The summed E-state index contributed by atoms with van der Waals surface area (Å²) in [5.74, 6) is 0. The van der Waals surface area contributed by atoms with Crippen LogP contribution >= 0.6 is 11.3 Å². The second-order valence-electron chi connectivity index (χ2n) is 3.65. The average molecular weight is 243 g/mol. The first-order valence-electron chi connectivity index (χ1n) is 5.64. The maximum Gasteiger partial charge on any atom is 0.205 e. The molecule has 6 heteroatoms. The van der Waals surface area contributed by atoms with Crippen LogP contribution in [0.2, 0.25) is 0 Å². The highest BCUT2D eigenvalue weighted by molar-refractivity contribution is 7.15. The van der Waals surface area contributed by atoms with Crippen LogP contribution in [-0.2, 0) is 16.1 Å². The summed E-state index contributed by atoms with van der Waals surface area (Å²) in [4.78, 5) is 0. The van der Waals surface area contributed by atoms with Gasteiger partial charge in [0.15, 0.2) is 0 Å². The van der Waals surface area contributed by atoms with E-state index in [2.05, 4.69) is 15.5 Å².